The second kappa shape index (κ2) is 10.5. The summed E-state index contributed by atoms with van der Waals surface area (Å²) in [6.07, 6.45) is 5.84. The molecule has 2 N–H and O–H groups in total. The average molecular weight is 470 g/mol. The van der Waals surface area contributed by atoms with Crippen molar-refractivity contribution < 1.29 is 5.11 Å². The number of fused-ring (bicyclic) bond motifs is 1. The van der Waals surface area contributed by atoms with Gasteiger partial charge in [0.05, 0.1) is 6.54 Å². The van der Waals surface area contributed by atoms with Crippen molar-refractivity contribution in [2.24, 2.45) is 7.05 Å². The molecule has 0 spiro atoms. The lowest BCUT2D eigenvalue weighted by Crippen LogP contribution is -2.39. The van der Waals surface area contributed by atoms with Crippen LogP contribution in [0.4, 0.5) is 5.95 Å². The largest absolute Gasteiger partial charge is 0.396 e. The maximum Gasteiger partial charge on any atom is 0.332 e. The van der Waals surface area contributed by atoms with Crippen LogP contribution in [0.1, 0.15) is 25.8 Å². The van der Waals surface area contributed by atoms with Gasteiger partial charge in [0.15, 0.2) is 11.2 Å². The van der Waals surface area contributed by atoms with Crippen LogP contribution in [0.5, 0.6) is 0 Å². The Bertz CT molecular complexity index is 1340. The van der Waals surface area contributed by atoms with E-state index in [1.807, 2.05) is 38.1 Å². The van der Waals surface area contributed by atoms with Crippen LogP contribution in [0.25, 0.3) is 11.2 Å². The van der Waals surface area contributed by atoms with Gasteiger partial charge in [-0.05, 0) is 49.6 Å². The summed E-state index contributed by atoms with van der Waals surface area (Å²) in [6, 6.07) is 7.32. The Hall–Kier alpha value is -3.36. The molecule has 2 aromatic heterocycles. The minimum absolute atomic E-state index is 0.119. The molecule has 0 aliphatic heterocycles. The molecule has 1 aromatic carbocycles. The van der Waals surface area contributed by atoms with E-state index in [2.05, 4.69) is 16.9 Å². The number of hydrogen-bond acceptors (Lipinski definition) is 5. The number of nitrogens with one attached hydrogen (secondary N) is 1. The smallest absolute Gasteiger partial charge is 0.332 e. The summed E-state index contributed by atoms with van der Waals surface area (Å²) in [5.74, 6) is 0.424. The molecule has 0 unspecified atom stereocenters. The number of imidazole rings is 1. The molecule has 0 fully saturated rings. The Balaban J connectivity index is 2.26. The Morgan fingerprint density at radius 1 is 1.24 bits per heavy atom. The van der Waals surface area contributed by atoms with Crippen LogP contribution >= 0.6 is 11.6 Å². The summed E-state index contributed by atoms with van der Waals surface area (Å²) in [6.45, 7) is 7.94. The van der Waals surface area contributed by atoms with E-state index in [1.54, 1.807) is 29.8 Å². The fraction of sp³-hybridized carbons (Fsp3) is 0.292. The first-order valence-electron chi connectivity index (χ1n) is 10.6. The normalized spacial score (nSPS) is 12.4. The number of halogens is 1. The summed E-state index contributed by atoms with van der Waals surface area (Å²) in [7, 11) is 1.58. The van der Waals surface area contributed by atoms with Crippen molar-refractivity contribution in [1.82, 2.24) is 18.7 Å². The molecule has 33 heavy (non-hydrogen) atoms. The molecular formula is C24H28ClN5O3. The summed E-state index contributed by atoms with van der Waals surface area (Å²) < 4.78 is 4.26. The molecule has 0 radical (unpaired) electrons. The number of aliphatic hydroxyl groups excluding tert-OH is 1. The second-order valence-corrected chi connectivity index (χ2v) is 8.09. The van der Waals surface area contributed by atoms with Crippen LogP contribution < -0.4 is 16.6 Å². The van der Waals surface area contributed by atoms with E-state index in [0.717, 1.165) is 21.4 Å². The molecular weight excluding hydrogens is 442 g/mol. The third-order valence-corrected chi connectivity index (χ3v) is 5.55. The van der Waals surface area contributed by atoms with Crippen molar-refractivity contribution >= 4 is 28.7 Å². The van der Waals surface area contributed by atoms with Gasteiger partial charge in [-0.3, -0.25) is 18.5 Å². The number of allylic oxidation sites excluding steroid dienone is 4. The molecule has 8 nitrogen and oxygen atoms in total. The predicted molar refractivity (Wildman–Crippen MR) is 133 cm³/mol. The van der Waals surface area contributed by atoms with Gasteiger partial charge in [-0.1, -0.05) is 42.5 Å². The number of nitrogens with zero attached hydrogens (tertiary/aromatic N) is 4. The molecule has 0 aliphatic carbocycles. The number of rotatable bonds is 9. The van der Waals surface area contributed by atoms with Crippen molar-refractivity contribution in [3.05, 3.63) is 91.8 Å². The van der Waals surface area contributed by atoms with Crippen LogP contribution in [0.15, 0.2) is 69.9 Å². The van der Waals surface area contributed by atoms with E-state index in [0.29, 0.717) is 29.5 Å². The fourth-order valence-electron chi connectivity index (χ4n) is 3.44. The Morgan fingerprint density at radius 2 is 1.94 bits per heavy atom. The van der Waals surface area contributed by atoms with E-state index < -0.39 is 11.2 Å². The maximum absolute atomic E-state index is 13.4. The molecule has 0 bridgehead atoms. The second-order valence-electron chi connectivity index (χ2n) is 7.66. The Morgan fingerprint density at radius 3 is 2.55 bits per heavy atom. The van der Waals surface area contributed by atoms with Crippen molar-refractivity contribution in [2.75, 3.05) is 11.9 Å². The lowest BCUT2D eigenvalue weighted by molar-refractivity contribution is 0.277. The van der Waals surface area contributed by atoms with Crippen molar-refractivity contribution in [1.29, 1.82) is 0 Å². The number of aromatic nitrogens is 4. The monoisotopic (exact) mass is 469 g/mol. The van der Waals surface area contributed by atoms with E-state index >= 15 is 0 Å². The Kier molecular flexibility index (Phi) is 7.73. The van der Waals surface area contributed by atoms with Gasteiger partial charge in [0.25, 0.3) is 5.56 Å². The standard InChI is InChI=1S/C24H28ClN5O3/c1-5-16(3)14-19(6-2)26-23-27-21-20(30(23)15-17-8-10-18(25)11-9-17)22(32)29(12-7-13-31)24(33)28(21)4/h5-6,8-11,14,31H,1,7,12-13,15H2,2-4H3,(H,26,27)/b16-14-,19-6+. The number of hydrogen-bond donors (Lipinski definition) is 2. The van der Waals surface area contributed by atoms with Gasteiger partial charge in [0.2, 0.25) is 5.95 Å². The van der Waals surface area contributed by atoms with Gasteiger partial charge < -0.3 is 10.4 Å². The van der Waals surface area contributed by atoms with E-state index in [4.69, 9.17) is 11.6 Å². The lowest BCUT2D eigenvalue weighted by atomic mass is 10.2. The topological polar surface area (TPSA) is 94.1 Å². The number of benzene rings is 1. The highest BCUT2D eigenvalue weighted by Gasteiger charge is 2.21. The van der Waals surface area contributed by atoms with Gasteiger partial charge in [0.1, 0.15) is 0 Å². The van der Waals surface area contributed by atoms with Crippen LogP contribution in [-0.4, -0.2) is 30.4 Å². The number of aryl methyl sites for hydroxylation is 1. The molecule has 0 atom stereocenters. The zero-order valence-electron chi connectivity index (χ0n) is 19.0. The molecule has 0 saturated carbocycles. The van der Waals surface area contributed by atoms with Crippen molar-refractivity contribution in [3.63, 3.8) is 0 Å². The van der Waals surface area contributed by atoms with Gasteiger partial charge in [-0.25, -0.2) is 4.79 Å². The van der Waals surface area contributed by atoms with Crippen LogP contribution in [-0.2, 0) is 20.1 Å². The average Bonchev–Trinajstić information content (AvgIpc) is 3.16. The van der Waals surface area contributed by atoms with Crippen LogP contribution in [0.2, 0.25) is 5.02 Å². The third-order valence-electron chi connectivity index (χ3n) is 5.30. The minimum atomic E-state index is -0.475. The summed E-state index contributed by atoms with van der Waals surface area (Å²) in [4.78, 5) is 30.8. The highest BCUT2D eigenvalue weighted by molar-refractivity contribution is 6.30. The first kappa shape index (κ1) is 24.3. The molecule has 0 amide bonds. The van der Waals surface area contributed by atoms with Gasteiger partial charge in [0, 0.05) is 30.9 Å². The first-order valence-corrected chi connectivity index (χ1v) is 11.0. The van der Waals surface area contributed by atoms with Crippen molar-refractivity contribution in [3.8, 4) is 0 Å². The quantitative estimate of drug-likeness (QED) is 0.468. The van der Waals surface area contributed by atoms with Crippen molar-refractivity contribution in [2.45, 2.75) is 33.4 Å². The lowest BCUT2D eigenvalue weighted by Gasteiger charge is -2.13. The zero-order valence-corrected chi connectivity index (χ0v) is 19.8. The fourth-order valence-corrected chi connectivity index (χ4v) is 3.57. The highest BCUT2D eigenvalue weighted by Crippen LogP contribution is 2.21. The van der Waals surface area contributed by atoms with E-state index in [1.165, 1.54) is 4.57 Å². The molecule has 3 rings (SSSR count). The van der Waals surface area contributed by atoms with Gasteiger partial charge in [-0.15, -0.1) is 0 Å². The number of aliphatic hydroxyl groups is 1. The number of anilines is 1. The minimum Gasteiger partial charge on any atom is -0.396 e. The molecule has 9 heteroatoms. The van der Waals surface area contributed by atoms with Gasteiger partial charge >= 0.3 is 5.69 Å². The molecule has 0 aliphatic rings. The Labute approximate surface area is 196 Å². The SMILES string of the molecule is C=C/C(C)=C\C(=C/C)Nc1nc2c(c(=O)n(CCCO)c(=O)n2C)n1Cc1ccc(Cl)cc1. The molecule has 2 heterocycles. The first-order chi connectivity index (χ1) is 15.8. The maximum atomic E-state index is 13.4. The molecule has 174 valence electrons. The molecule has 3 aromatic rings. The third kappa shape index (κ3) is 5.18. The predicted octanol–water partition coefficient (Wildman–Crippen LogP) is 3.43. The van der Waals surface area contributed by atoms with E-state index in [-0.39, 0.29) is 18.8 Å². The summed E-state index contributed by atoms with van der Waals surface area (Å²) >= 11 is 6.04. The summed E-state index contributed by atoms with van der Waals surface area (Å²) in [5, 5.41) is 13.1. The van der Waals surface area contributed by atoms with Crippen LogP contribution in [0.3, 0.4) is 0 Å². The van der Waals surface area contributed by atoms with Gasteiger partial charge in [-0.2, -0.15) is 4.98 Å². The van der Waals surface area contributed by atoms with Crippen LogP contribution in [0, 0.1) is 0 Å². The molecule has 0 saturated heterocycles. The zero-order chi connectivity index (χ0) is 24.1. The highest BCUT2D eigenvalue weighted by atomic mass is 35.5. The van der Waals surface area contributed by atoms with E-state index in [9.17, 15) is 14.7 Å². The summed E-state index contributed by atoms with van der Waals surface area (Å²) in [5.41, 5.74) is 2.29.